The summed E-state index contributed by atoms with van der Waals surface area (Å²) >= 11 is 12.0. The first-order valence-electron chi connectivity index (χ1n) is 6.17. The molecule has 0 aromatic heterocycles. The molecule has 114 valence electrons. The molecule has 2 rings (SSSR count). The van der Waals surface area contributed by atoms with Gasteiger partial charge in [-0.1, -0.05) is 23.2 Å². The van der Waals surface area contributed by atoms with E-state index in [0.29, 0.717) is 11.3 Å². The molecule has 0 unspecified atom stereocenters. The van der Waals surface area contributed by atoms with E-state index in [1.807, 2.05) is 0 Å². The lowest BCUT2D eigenvalue weighted by Gasteiger charge is -2.12. The standard InChI is InChI=1S/C15H12Cl2N2O3/c1-22-13-11(17)7-6-10(16)12(13)15(21)19-9-4-2-8(3-5-9)14(18)20/h2-7H,1H3,(H2,18,20)(H,19,21). The van der Waals surface area contributed by atoms with E-state index in [1.54, 1.807) is 18.2 Å². The van der Waals surface area contributed by atoms with Crippen molar-refractivity contribution in [2.75, 3.05) is 12.4 Å². The lowest BCUT2D eigenvalue weighted by Crippen LogP contribution is -2.15. The van der Waals surface area contributed by atoms with Crippen molar-refractivity contribution in [3.05, 3.63) is 57.6 Å². The van der Waals surface area contributed by atoms with E-state index in [4.69, 9.17) is 33.7 Å². The maximum Gasteiger partial charge on any atom is 0.261 e. The van der Waals surface area contributed by atoms with Crippen LogP contribution in [0.25, 0.3) is 0 Å². The van der Waals surface area contributed by atoms with E-state index in [-0.39, 0.29) is 21.4 Å². The fourth-order valence-corrected chi connectivity index (χ4v) is 2.33. The van der Waals surface area contributed by atoms with E-state index >= 15 is 0 Å². The molecule has 0 fully saturated rings. The molecule has 0 saturated heterocycles. The van der Waals surface area contributed by atoms with Crippen molar-refractivity contribution in [1.29, 1.82) is 0 Å². The number of nitrogens with one attached hydrogen (secondary N) is 1. The topological polar surface area (TPSA) is 81.4 Å². The van der Waals surface area contributed by atoms with Gasteiger partial charge < -0.3 is 15.8 Å². The van der Waals surface area contributed by atoms with Crippen molar-refractivity contribution in [2.45, 2.75) is 0 Å². The van der Waals surface area contributed by atoms with Crippen LogP contribution in [0, 0.1) is 0 Å². The Hall–Kier alpha value is -2.24. The van der Waals surface area contributed by atoms with Crippen LogP contribution in [0.2, 0.25) is 10.0 Å². The van der Waals surface area contributed by atoms with Crippen molar-refractivity contribution < 1.29 is 14.3 Å². The first kappa shape index (κ1) is 16.1. The highest BCUT2D eigenvalue weighted by Crippen LogP contribution is 2.34. The molecule has 0 aliphatic carbocycles. The average molecular weight is 339 g/mol. The molecule has 2 aromatic rings. The number of benzene rings is 2. The summed E-state index contributed by atoms with van der Waals surface area (Å²) in [6, 6.07) is 9.19. The van der Waals surface area contributed by atoms with E-state index in [9.17, 15) is 9.59 Å². The predicted molar refractivity (Wildman–Crippen MR) is 85.9 cm³/mol. The summed E-state index contributed by atoms with van der Waals surface area (Å²) in [5.74, 6) is -0.825. The van der Waals surface area contributed by atoms with Gasteiger partial charge in [0.1, 0.15) is 5.56 Å². The highest BCUT2D eigenvalue weighted by Gasteiger charge is 2.19. The van der Waals surface area contributed by atoms with Gasteiger partial charge in [0.05, 0.1) is 17.2 Å². The highest BCUT2D eigenvalue weighted by molar-refractivity contribution is 6.37. The quantitative estimate of drug-likeness (QED) is 0.896. The Morgan fingerprint density at radius 2 is 1.64 bits per heavy atom. The summed E-state index contributed by atoms with van der Waals surface area (Å²) in [7, 11) is 1.40. The van der Waals surface area contributed by atoms with E-state index in [0.717, 1.165) is 0 Å². The first-order valence-corrected chi connectivity index (χ1v) is 6.93. The van der Waals surface area contributed by atoms with Crippen molar-refractivity contribution in [1.82, 2.24) is 0 Å². The molecule has 0 aliphatic heterocycles. The Morgan fingerprint density at radius 3 is 2.18 bits per heavy atom. The van der Waals surface area contributed by atoms with Gasteiger partial charge in [-0.15, -0.1) is 0 Å². The van der Waals surface area contributed by atoms with Crippen LogP contribution in [-0.2, 0) is 0 Å². The molecule has 0 radical (unpaired) electrons. The molecular formula is C15H12Cl2N2O3. The third kappa shape index (κ3) is 3.32. The van der Waals surface area contributed by atoms with Gasteiger partial charge in [-0.25, -0.2) is 0 Å². The third-order valence-corrected chi connectivity index (χ3v) is 3.53. The zero-order chi connectivity index (χ0) is 16.3. The lowest BCUT2D eigenvalue weighted by atomic mass is 10.1. The molecule has 0 saturated carbocycles. The Kier molecular flexibility index (Phi) is 4.90. The summed E-state index contributed by atoms with van der Waals surface area (Å²) < 4.78 is 5.13. The minimum absolute atomic E-state index is 0.135. The lowest BCUT2D eigenvalue weighted by molar-refractivity contribution is 0.0998. The fraction of sp³-hybridized carbons (Fsp3) is 0.0667. The van der Waals surface area contributed by atoms with Crippen molar-refractivity contribution >= 4 is 40.7 Å². The Labute approximate surface area is 137 Å². The number of hydrogen-bond acceptors (Lipinski definition) is 3. The van der Waals surface area contributed by atoms with E-state index < -0.39 is 11.8 Å². The molecule has 3 N–H and O–H groups in total. The summed E-state index contributed by atoms with van der Waals surface area (Å²) in [6.07, 6.45) is 0. The van der Waals surface area contributed by atoms with Crippen LogP contribution in [0.4, 0.5) is 5.69 Å². The second kappa shape index (κ2) is 6.68. The minimum Gasteiger partial charge on any atom is -0.494 e. The number of ether oxygens (including phenoxy) is 1. The van der Waals surface area contributed by atoms with Gasteiger partial charge >= 0.3 is 0 Å². The molecule has 2 amide bonds. The monoisotopic (exact) mass is 338 g/mol. The molecule has 2 aromatic carbocycles. The van der Waals surface area contributed by atoms with Gasteiger partial charge in [0.2, 0.25) is 5.91 Å². The van der Waals surface area contributed by atoms with Gasteiger partial charge in [0.15, 0.2) is 5.75 Å². The number of amides is 2. The number of anilines is 1. The van der Waals surface area contributed by atoms with Crippen molar-refractivity contribution in [2.24, 2.45) is 5.73 Å². The molecule has 0 bridgehead atoms. The fourth-order valence-electron chi connectivity index (χ4n) is 1.86. The molecule has 22 heavy (non-hydrogen) atoms. The first-order chi connectivity index (χ1) is 10.4. The van der Waals surface area contributed by atoms with Gasteiger partial charge in [-0.3, -0.25) is 9.59 Å². The van der Waals surface area contributed by atoms with Crippen molar-refractivity contribution in [3.8, 4) is 5.75 Å². The van der Waals surface area contributed by atoms with Gasteiger partial charge in [-0.2, -0.15) is 0 Å². The summed E-state index contributed by atoms with van der Waals surface area (Å²) in [5.41, 5.74) is 6.11. The number of primary amides is 1. The highest BCUT2D eigenvalue weighted by atomic mass is 35.5. The number of hydrogen-bond donors (Lipinski definition) is 2. The molecular weight excluding hydrogens is 327 g/mol. The Bertz CT molecular complexity index is 730. The average Bonchev–Trinajstić information content (AvgIpc) is 2.49. The van der Waals surface area contributed by atoms with Crippen LogP contribution < -0.4 is 15.8 Å². The van der Waals surface area contributed by atoms with Crippen LogP contribution in [0.1, 0.15) is 20.7 Å². The summed E-state index contributed by atoms with van der Waals surface area (Å²) in [4.78, 5) is 23.4. The number of carbonyl (C=O) groups is 2. The Balaban J connectivity index is 2.30. The second-order valence-corrected chi connectivity index (χ2v) is 5.15. The molecule has 5 nitrogen and oxygen atoms in total. The zero-order valence-corrected chi connectivity index (χ0v) is 13.0. The normalized spacial score (nSPS) is 10.1. The minimum atomic E-state index is -0.544. The number of halogens is 2. The Morgan fingerprint density at radius 1 is 1.05 bits per heavy atom. The maximum absolute atomic E-state index is 12.4. The second-order valence-electron chi connectivity index (χ2n) is 4.33. The third-order valence-electron chi connectivity index (χ3n) is 2.92. The van der Waals surface area contributed by atoms with E-state index in [1.165, 1.54) is 25.3 Å². The smallest absolute Gasteiger partial charge is 0.261 e. The largest absolute Gasteiger partial charge is 0.494 e. The number of rotatable bonds is 4. The van der Waals surface area contributed by atoms with Gasteiger partial charge in [0, 0.05) is 11.3 Å². The summed E-state index contributed by atoms with van der Waals surface area (Å²) in [6.45, 7) is 0. The van der Waals surface area contributed by atoms with Crippen molar-refractivity contribution in [3.63, 3.8) is 0 Å². The number of nitrogens with two attached hydrogens (primary N) is 1. The van der Waals surface area contributed by atoms with Crippen LogP contribution in [0.15, 0.2) is 36.4 Å². The number of methoxy groups -OCH3 is 1. The molecule has 0 spiro atoms. The number of carbonyl (C=O) groups excluding carboxylic acids is 2. The molecule has 0 heterocycles. The van der Waals surface area contributed by atoms with Crippen LogP contribution in [0.3, 0.4) is 0 Å². The molecule has 7 heteroatoms. The predicted octanol–water partition coefficient (Wildman–Crippen LogP) is 3.35. The summed E-state index contributed by atoms with van der Waals surface area (Å²) in [5, 5.41) is 3.15. The SMILES string of the molecule is COc1c(Cl)ccc(Cl)c1C(=O)Nc1ccc(C(N)=O)cc1. The van der Waals surface area contributed by atoms with E-state index in [2.05, 4.69) is 5.32 Å². The van der Waals surface area contributed by atoms with Crippen LogP contribution in [-0.4, -0.2) is 18.9 Å². The van der Waals surface area contributed by atoms with Gasteiger partial charge in [0.25, 0.3) is 5.91 Å². The maximum atomic E-state index is 12.4. The zero-order valence-electron chi connectivity index (χ0n) is 11.5. The van der Waals surface area contributed by atoms with Crippen LogP contribution >= 0.6 is 23.2 Å². The van der Waals surface area contributed by atoms with Crippen LogP contribution in [0.5, 0.6) is 5.75 Å². The molecule has 0 atom stereocenters. The molecule has 0 aliphatic rings. The van der Waals surface area contributed by atoms with Gasteiger partial charge in [-0.05, 0) is 36.4 Å².